The molecule has 0 radical (unpaired) electrons. The molecular weight excluding hydrogens is 188 g/mol. The Morgan fingerprint density at radius 1 is 1.57 bits per heavy atom. The van der Waals surface area contributed by atoms with Crippen molar-refractivity contribution in [1.29, 1.82) is 0 Å². The third-order valence-corrected chi connectivity index (χ3v) is 1.73. The highest BCUT2D eigenvalue weighted by Crippen LogP contribution is 2.11. The molecular formula is C8H13N2O4-. The van der Waals surface area contributed by atoms with Gasteiger partial charge in [0.1, 0.15) is 12.7 Å². The van der Waals surface area contributed by atoms with E-state index in [2.05, 4.69) is 9.78 Å². The Hall–Kier alpha value is -1.27. The molecule has 0 saturated carbocycles. The molecule has 0 fully saturated rings. The van der Waals surface area contributed by atoms with Gasteiger partial charge in [0.2, 0.25) is 5.88 Å². The van der Waals surface area contributed by atoms with E-state index in [0.717, 1.165) is 4.90 Å². The number of rotatable bonds is 4. The second kappa shape index (κ2) is 4.83. The van der Waals surface area contributed by atoms with Gasteiger partial charge in [0.25, 0.3) is 0 Å². The summed E-state index contributed by atoms with van der Waals surface area (Å²) in [4.78, 5) is 22.8. The predicted molar refractivity (Wildman–Crippen MR) is 45.8 cm³/mol. The van der Waals surface area contributed by atoms with Crippen LogP contribution in [-0.4, -0.2) is 49.7 Å². The van der Waals surface area contributed by atoms with Crippen molar-refractivity contribution in [3.8, 4) is 0 Å². The summed E-state index contributed by atoms with van der Waals surface area (Å²) in [7, 11) is 3.71. The minimum atomic E-state index is -1.29. The molecule has 0 aromatic heterocycles. The van der Waals surface area contributed by atoms with Crippen molar-refractivity contribution < 1.29 is 19.7 Å². The Labute approximate surface area is 82.2 Å². The molecule has 0 unspecified atom stereocenters. The molecule has 1 aliphatic rings. The van der Waals surface area contributed by atoms with Crippen molar-refractivity contribution in [1.82, 2.24) is 9.80 Å². The van der Waals surface area contributed by atoms with Crippen LogP contribution in [0.2, 0.25) is 0 Å². The van der Waals surface area contributed by atoms with Crippen LogP contribution in [0, 0.1) is 0 Å². The smallest absolute Gasteiger partial charge is 0.236 e. The molecule has 6 heteroatoms. The number of carbonyl (C=O) groups excluding carboxylic acids is 1. The Bertz CT molecular complexity index is 239. The van der Waals surface area contributed by atoms with Crippen molar-refractivity contribution in [3.05, 3.63) is 12.0 Å². The van der Waals surface area contributed by atoms with Gasteiger partial charge in [0, 0.05) is 19.2 Å². The van der Waals surface area contributed by atoms with E-state index in [1.165, 1.54) is 0 Å². The lowest BCUT2D eigenvalue weighted by atomic mass is 10.5. The lowest BCUT2D eigenvalue weighted by Crippen LogP contribution is -2.43. The second-order valence-corrected chi connectivity index (χ2v) is 3.13. The first-order valence-electron chi connectivity index (χ1n) is 4.24. The van der Waals surface area contributed by atoms with Crippen LogP contribution in [0.3, 0.4) is 0 Å². The zero-order chi connectivity index (χ0) is 10.6. The van der Waals surface area contributed by atoms with Crippen LogP contribution in [0.25, 0.3) is 0 Å². The van der Waals surface area contributed by atoms with Crippen molar-refractivity contribution >= 4 is 6.09 Å². The molecule has 0 aromatic rings. The zero-order valence-corrected chi connectivity index (χ0v) is 8.23. The van der Waals surface area contributed by atoms with E-state index >= 15 is 0 Å². The number of likely N-dealkylation sites (N-methyl/N-ethyl adjacent to an activating group) is 1. The van der Waals surface area contributed by atoms with Crippen LogP contribution in [0.1, 0.15) is 0 Å². The summed E-state index contributed by atoms with van der Waals surface area (Å²) in [6, 6.07) is 0. The monoisotopic (exact) mass is 201 g/mol. The number of carbonyl (C=O) groups is 1. The van der Waals surface area contributed by atoms with Gasteiger partial charge < -0.3 is 19.7 Å². The first-order valence-corrected chi connectivity index (χ1v) is 4.24. The summed E-state index contributed by atoms with van der Waals surface area (Å²) in [6.07, 6.45) is 0.259. The molecule has 0 aromatic carbocycles. The van der Waals surface area contributed by atoms with Gasteiger partial charge in [-0.05, 0) is 14.1 Å². The minimum absolute atomic E-state index is 0.187. The van der Waals surface area contributed by atoms with Crippen LogP contribution < -0.4 is 5.11 Å². The third-order valence-electron chi connectivity index (χ3n) is 1.73. The molecule has 14 heavy (non-hydrogen) atoms. The molecule has 1 amide bonds. The molecule has 80 valence electrons. The largest absolute Gasteiger partial charge is 0.530 e. The number of hydrogen-bond acceptors (Lipinski definition) is 5. The summed E-state index contributed by atoms with van der Waals surface area (Å²) in [6.45, 7) is 1.15. The van der Waals surface area contributed by atoms with Gasteiger partial charge >= 0.3 is 0 Å². The number of nitrogens with zero attached hydrogens (tertiary/aromatic N) is 2. The van der Waals surface area contributed by atoms with Gasteiger partial charge in [0.05, 0.1) is 0 Å². The average molecular weight is 201 g/mol. The Morgan fingerprint density at radius 2 is 2.29 bits per heavy atom. The molecule has 1 rings (SSSR count). The fourth-order valence-corrected chi connectivity index (χ4v) is 0.980. The van der Waals surface area contributed by atoms with Crippen molar-refractivity contribution in [3.63, 3.8) is 0 Å². The van der Waals surface area contributed by atoms with E-state index < -0.39 is 6.09 Å². The minimum Gasteiger partial charge on any atom is -0.530 e. The van der Waals surface area contributed by atoms with Crippen LogP contribution in [0.15, 0.2) is 12.0 Å². The molecule has 0 bridgehead atoms. The fraction of sp³-hybridized carbons (Fsp3) is 0.625. The van der Waals surface area contributed by atoms with E-state index in [9.17, 15) is 9.90 Å². The summed E-state index contributed by atoms with van der Waals surface area (Å²) < 4.78 is 0. The first kappa shape index (κ1) is 10.8. The van der Waals surface area contributed by atoms with Crippen LogP contribution in [0.5, 0.6) is 0 Å². The SMILES string of the molecule is CN(C)CCN(C(=O)[O-])C1=CCOO1. The lowest BCUT2D eigenvalue weighted by molar-refractivity contribution is -0.282. The Morgan fingerprint density at radius 3 is 2.71 bits per heavy atom. The first-order chi connectivity index (χ1) is 6.61. The molecule has 0 spiro atoms. The molecule has 0 saturated heterocycles. The topological polar surface area (TPSA) is 65.1 Å². The lowest BCUT2D eigenvalue weighted by Gasteiger charge is -2.25. The molecule has 0 N–H and O–H groups in total. The van der Waals surface area contributed by atoms with E-state index in [4.69, 9.17) is 0 Å². The van der Waals surface area contributed by atoms with Gasteiger partial charge in [-0.1, -0.05) is 0 Å². The normalized spacial score (nSPS) is 15.2. The highest BCUT2D eigenvalue weighted by Gasteiger charge is 2.17. The maximum atomic E-state index is 10.7. The maximum absolute atomic E-state index is 10.7. The fourth-order valence-electron chi connectivity index (χ4n) is 0.980. The van der Waals surface area contributed by atoms with Crippen molar-refractivity contribution in [2.75, 3.05) is 33.8 Å². The molecule has 0 atom stereocenters. The van der Waals surface area contributed by atoms with Gasteiger partial charge in [-0.15, -0.1) is 0 Å². The highest BCUT2D eigenvalue weighted by molar-refractivity contribution is 5.64. The quantitative estimate of drug-likeness (QED) is 0.546. The van der Waals surface area contributed by atoms with E-state index in [0.29, 0.717) is 13.1 Å². The van der Waals surface area contributed by atoms with Gasteiger partial charge in [-0.3, -0.25) is 4.90 Å². The van der Waals surface area contributed by atoms with Crippen molar-refractivity contribution in [2.45, 2.75) is 0 Å². The molecule has 1 aliphatic heterocycles. The molecule has 6 nitrogen and oxygen atoms in total. The maximum Gasteiger partial charge on any atom is 0.236 e. The third kappa shape index (κ3) is 2.90. The highest BCUT2D eigenvalue weighted by atomic mass is 17.2. The Balaban J connectivity index is 2.51. The number of carboxylic acid groups (broad SMARTS) is 1. The van der Waals surface area contributed by atoms with Gasteiger partial charge in [-0.25, -0.2) is 0 Å². The summed E-state index contributed by atoms with van der Waals surface area (Å²) in [5.74, 6) is 0.187. The van der Waals surface area contributed by atoms with Gasteiger partial charge in [0.15, 0.2) is 0 Å². The standard InChI is InChI=1S/C8H14N2O4/c1-9(2)4-5-10(8(11)12)7-3-6-13-14-7/h3H,4-6H2,1-2H3,(H,11,12)/p-1. The summed E-state index contributed by atoms with van der Waals surface area (Å²) in [5.41, 5.74) is 0. The zero-order valence-electron chi connectivity index (χ0n) is 8.23. The van der Waals surface area contributed by atoms with Crippen LogP contribution in [-0.2, 0) is 9.78 Å². The number of amides is 1. The summed E-state index contributed by atoms with van der Waals surface area (Å²) in [5, 5.41) is 10.7. The van der Waals surface area contributed by atoms with Crippen LogP contribution >= 0.6 is 0 Å². The van der Waals surface area contributed by atoms with E-state index in [-0.39, 0.29) is 12.5 Å². The summed E-state index contributed by atoms with van der Waals surface area (Å²) >= 11 is 0. The van der Waals surface area contributed by atoms with E-state index in [1.807, 2.05) is 19.0 Å². The molecule has 1 heterocycles. The second-order valence-electron chi connectivity index (χ2n) is 3.13. The van der Waals surface area contributed by atoms with E-state index in [1.54, 1.807) is 6.08 Å². The van der Waals surface area contributed by atoms with Crippen molar-refractivity contribution in [2.24, 2.45) is 0 Å². The predicted octanol–water partition coefficient (Wildman–Crippen LogP) is -1.00. The number of hydrogen-bond donors (Lipinski definition) is 0. The van der Waals surface area contributed by atoms with Gasteiger partial charge in [-0.2, -0.15) is 4.89 Å². The molecule has 0 aliphatic carbocycles. The Kier molecular flexibility index (Phi) is 3.73. The van der Waals surface area contributed by atoms with Crippen LogP contribution in [0.4, 0.5) is 4.79 Å². The average Bonchev–Trinajstić information content (AvgIpc) is 2.56.